The molecule has 18 heavy (non-hydrogen) atoms. The van der Waals surface area contributed by atoms with E-state index in [0.717, 1.165) is 6.42 Å². The first kappa shape index (κ1) is 11.1. The molecule has 1 aliphatic carbocycles. The summed E-state index contributed by atoms with van der Waals surface area (Å²) in [5.41, 5.74) is 2.62. The zero-order valence-corrected chi connectivity index (χ0v) is 10.6. The van der Waals surface area contributed by atoms with Gasteiger partial charge < -0.3 is 10.6 Å². The van der Waals surface area contributed by atoms with E-state index >= 15 is 0 Å². The zero-order chi connectivity index (χ0) is 12.4. The lowest BCUT2D eigenvalue weighted by Crippen LogP contribution is -2.29. The molecule has 3 rings (SSSR count). The second kappa shape index (κ2) is 4.37. The second-order valence-electron chi connectivity index (χ2n) is 5.12. The normalized spacial score (nSPS) is 29.6. The third-order valence-electron chi connectivity index (χ3n) is 3.70. The van der Waals surface area contributed by atoms with Crippen LogP contribution in [0.5, 0.6) is 0 Å². The SMILES string of the molecule is CC1(C2=CNC(c3ccccc3)N2)C=CC=CC1. The molecule has 2 heteroatoms. The van der Waals surface area contributed by atoms with Gasteiger partial charge in [0.05, 0.1) is 0 Å². The van der Waals surface area contributed by atoms with E-state index in [1.165, 1.54) is 11.3 Å². The zero-order valence-electron chi connectivity index (χ0n) is 10.6. The fourth-order valence-electron chi connectivity index (χ4n) is 2.49. The summed E-state index contributed by atoms with van der Waals surface area (Å²) in [6.07, 6.45) is 12.1. The minimum absolute atomic E-state index is 0.0886. The van der Waals surface area contributed by atoms with Crippen molar-refractivity contribution in [3.05, 3.63) is 72.1 Å². The van der Waals surface area contributed by atoms with E-state index in [1.54, 1.807) is 0 Å². The average molecular weight is 238 g/mol. The molecule has 2 unspecified atom stereocenters. The van der Waals surface area contributed by atoms with Crippen LogP contribution >= 0.6 is 0 Å². The minimum atomic E-state index is 0.0886. The van der Waals surface area contributed by atoms with Crippen LogP contribution in [0.15, 0.2) is 66.5 Å². The maximum Gasteiger partial charge on any atom is 0.122 e. The van der Waals surface area contributed by atoms with Crippen LogP contribution in [-0.4, -0.2) is 0 Å². The van der Waals surface area contributed by atoms with Crippen molar-refractivity contribution in [2.24, 2.45) is 5.41 Å². The summed E-state index contributed by atoms with van der Waals surface area (Å²) in [7, 11) is 0. The Labute approximate surface area is 108 Å². The van der Waals surface area contributed by atoms with Gasteiger partial charge >= 0.3 is 0 Å². The number of nitrogens with one attached hydrogen (secondary N) is 2. The van der Waals surface area contributed by atoms with Gasteiger partial charge in [-0.2, -0.15) is 0 Å². The smallest absolute Gasteiger partial charge is 0.122 e. The molecule has 2 atom stereocenters. The van der Waals surface area contributed by atoms with Crippen LogP contribution in [0, 0.1) is 5.41 Å². The summed E-state index contributed by atoms with van der Waals surface area (Å²) in [5, 5.41) is 7.00. The topological polar surface area (TPSA) is 24.1 Å². The summed E-state index contributed by atoms with van der Waals surface area (Å²) in [6, 6.07) is 10.5. The van der Waals surface area contributed by atoms with Crippen LogP contribution in [0.25, 0.3) is 0 Å². The second-order valence-corrected chi connectivity index (χ2v) is 5.12. The summed E-state index contributed by atoms with van der Waals surface area (Å²) >= 11 is 0. The number of rotatable bonds is 2. The van der Waals surface area contributed by atoms with Crippen molar-refractivity contribution < 1.29 is 0 Å². The molecule has 1 aliphatic heterocycles. The Bertz CT molecular complexity index is 513. The Balaban J connectivity index is 1.75. The largest absolute Gasteiger partial charge is 0.366 e. The van der Waals surface area contributed by atoms with Crippen molar-refractivity contribution >= 4 is 0 Å². The molecule has 2 nitrogen and oxygen atoms in total. The van der Waals surface area contributed by atoms with Crippen molar-refractivity contribution in [3.8, 4) is 0 Å². The standard InChI is InChI=1S/C16H18N2/c1-16(10-6-3-7-11-16)14-12-17-15(18-14)13-8-4-2-5-9-13/h2-10,12,15,17-18H,11H2,1H3. The van der Waals surface area contributed by atoms with Gasteiger partial charge in [-0.3, -0.25) is 0 Å². The molecule has 92 valence electrons. The molecule has 0 fully saturated rings. The third-order valence-corrected chi connectivity index (χ3v) is 3.70. The van der Waals surface area contributed by atoms with E-state index in [-0.39, 0.29) is 11.6 Å². The molecule has 0 spiro atoms. The molecule has 2 aliphatic rings. The first-order valence-corrected chi connectivity index (χ1v) is 6.40. The van der Waals surface area contributed by atoms with Crippen LogP contribution in [0.3, 0.4) is 0 Å². The highest BCUT2D eigenvalue weighted by atomic mass is 15.2. The number of benzene rings is 1. The van der Waals surface area contributed by atoms with E-state index in [1.807, 2.05) is 6.07 Å². The monoisotopic (exact) mass is 238 g/mol. The van der Waals surface area contributed by atoms with Gasteiger partial charge in [0, 0.05) is 17.3 Å². The molecule has 0 aromatic heterocycles. The Morgan fingerprint density at radius 2 is 2.00 bits per heavy atom. The van der Waals surface area contributed by atoms with E-state index in [9.17, 15) is 0 Å². The molecule has 0 amide bonds. The molecule has 1 heterocycles. The Morgan fingerprint density at radius 3 is 2.72 bits per heavy atom. The van der Waals surface area contributed by atoms with Crippen molar-refractivity contribution in [1.29, 1.82) is 0 Å². The molecule has 0 saturated heterocycles. The molecular formula is C16H18N2. The van der Waals surface area contributed by atoms with E-state index < -0.39 is 0 Å². The van der Waals surface area contributed by atoms with Crippen molar-refractivity contribution in [3.63, 3.8) is 0 Å². The third kappa shape index (κ3) is 1.94. The highest BCUT2D eigenvalue weighted by molar-refractivity contribution is 5.31. The molecule has 2 N–H and O–H groups in total. The lowest BCUT2D eigenvalue weighted by Gasteiger charge is -2.29. The van der Waals surface area contributed by atoms with Gasteiger partial charge in [0.15, 0.2) is 0 Å². The van der Waals surface area contributed by atoms with Gasteiger partial charge in [-0.1, -0.05) is 61.6 Å². The van der Waals surface area contributed by atoms with E-state index in [0.29, 0.717) is 0 Å². The first-order chi connectivity index (χ1) is 8.78. The van der Waals surface area contributed by atoms with Crippen LogP contribution < -0.4 is 10.6 Å². The predicted octanol–water partition coefficient (Wildman–Crippen LogP) is 3.24. The quantitative estimate of drug-likeness (QED) is 0.826. The summed E-state index contributed by atoms with van der Waals surface area (Å²) in [6.45, 7) is 2.26. The van der Waals surface area contributed by atoms with Gasteiger partial charge in [-0.05, 0) is 12.0 Å². The Morgan fingerprint density at radius 1 is 1.17 bits per heavy atom. The van der Waals surface area contributed by atoms with Gasteiger partial charge in [0.1, 0.15) is 6.17 Å². The van der Waals surface area contributed by atoms with Gasteiger partial charge in [-0.15, -0.1) is 0 Å². The van der Waals surface area contributed by atoms with Gasteiger partial charge in [-0.25, -0.2) is 0 Å². The van der Waals surface area contributed by atoms with E-state index in [2.05, 4.69) is 72.3 Å². The number of hydrogen-bond acceptors (Lipinski definition) is 2. The molecule has 0 bridgehead atoms. The molecule has 1 aromatic rings. The summed E-state index contributed by atoms with van der Waals surface area (Å²) in [5.74, 6) is 0. The Hall–Kier alpha value is -1.96. The molecule has 0 saturated carbocycles. The lowest BCUT2D eigenvalue weighted by atomic mass is 9.81. The van der Waals surface area contributed by atoms with E-state index in [4.69, 9.17) is 0 Å². The average Bonchev–Trinajstić information content (AvgIpc) is 2.91. The van der Waals surface area contributed by atoms with Crippen molar-refractivity contribution in [1.82, 2.24) is 10.6 Å². The van der Waals surface area contributed by atoms with Crippen LogP contribution in [-0.2, 0) is 0 Å². The fourth-order valence-corrected chi connectivity index (χ4v) is 2.49. The number of hydrogen-bond donors (Lipinski definition) is 2. The van der Waals surface area contributed by atoms with Crippen LogP contribution in [0.2, 0.25) is 0 Å². The maximum atomic E-state index is 3.58. The van der Waals surface area contributed by atoms with Crippen molar-refractivity contribution in [2.45, 2.75) is 19.5 Å². The van der Waals surface area contributed by atoms with Gasteiger partial charge in [0.2, 0.25) is 0 Å². The predicted molar refractivity (Wildman–Crippen MR) is 74.5 cm³/mol. The summed E-state index contributed by atoms with van der Waals surface area (Å²) in [4.78, 5) is 0. The fraction of sp³-hybridized carbons (Fsp3) is 0.250. The van der Waals surface area contributed by atoms with Crippen LogP contribution in [0.4, 0.5) is 0 Å². The highest BCUT2D eigenvalue weighted by Gasteiger charge is 2.31. The molecular weight excluding hydrogens is 220 g/mol. The van der Waals surface area contributed by atoms with Crippen molar-refractivity contribution in [2.75, 3.05) is 0 Å². The highest BCUT2D eigenvalue weighted by Crippen LogP contribution is 2.36. The minimum Gasteiger partial charge on any atom is -0.366 e. The molecule has 1 aromatic carbocycles. The van der Waals surface area contributed by atoms with Gasteiger partial charge in [0.25, 0.3) is 0 Å². The maximum absolute atomic E-state index is 3.58. The summed E-state index contributed by atoms with van der Waals surface area (Å²) < 4.78 is 0. The lowest BCUT2D eigenvalue weighted by molar-refractivity contribution is 0.460. The molecule has 0 radical (unpaired) electrons. The first-order valence-electron chi connectivity index (χ1n) is 6.40. The number of allylic oxidation sites excluding steroid dienone is 4. The Kier molecular flexibility index (Phi) is 2.71. The van der Waals surface area contributed by atoms with Crippen LogP contribution in [0.1, 0.15) is 25.1 Å².